The van der Waals surface area contributed by atoms with Gasteiger partial charge in [-0.15, -0.1) is 0 Å². The summed E-state index contributed by atoms with van der Waals surface area (Å²) in [6, 6.07) is 24.0. The van der Waals surface area contributed by atoms with Crippen LogP contribution in [0.3, 0.4) is 0 Å². The Balaban J connectivity index is 0.00000115. The molecule has 0 fully saturated rings. The van der Waals surface area contributed by atoms with Crippen molar-refractivity contribution in [2.24, 2.45) is 0 Å². The maximum Gasteiger partial charge on any atom is 2.00 e. The predicted molar refractivity (Wildman–Crippen MR) is 168 cm³/mol. The fourth-order valence-electron chi connectivity index (χ4n) is 3.18. The van der Waals surface area contributed by atoms with Crippen LogP contribution in [-0.2, 0) is 24.3 Å². The number of nitrogens with zero attached hydrogens (tertiary/aromatic N) is 7. The number of carbonyl (C=O) groups is 1. The van der Waals surface area contributed by atoms with Crippen LogP contribution in [0.5, 0.6) is 0 Å². The first-order chi connectivity index (χ1) is 19.3. The number of aliphatic hydroxyl groups excluding tert-OH is 1. The maximum atomic E-state index is 9.43. The van der Waals surface area contributed by atoms with Crippen LogP contribution in [0.4, 0.5) is 5.69 Å². The second kappa shape index (κ2) is 21.9. The van der Waals surface area contributed by atoms with E-state index >= 15 is 0 Å². The summed E-state index contributed by atoms with van der Waals surface area (Å²) < 4.78 is 0. The van der Waals surface area contributed by atoms with Gasteiger partial charge in [0.05, 0.1) is 29.4 Å². The molecular formula is C29H29N7O2S2Zn. The second-order valence-electron chi connectivity index (χ2n) is 8.00. The van der Waals surface area contributed by atoms with Crippen LogP contribution in [-0.4, -0.2) is 76.0 Å². The number of anilines is 1. The van der Waals surface area contributed by atoms with E-state index < -0.39 is 0 Å². The van der Waals surface area contributed by atoms with Crippen molar-refractivity contribution in [1.29, 1.82) is 0 Å². The fourth-order valence-corrected chi connectivity index (χ4v) is 3.18. The summed E-state index contributed by atoms with van der Waals surface area (Å²) in [5, 5.41) is 26.1. The van der Waals surface area contributed by atoms with Crippen LogP contribution in [0.15, 0.2) is 85.2 Å². The molecular weight excluding hydrogens is 608 g/mol. The van der Waals surface area contributed by atoms with Gasteiger partial charge in [-0.05, 0) is 59.7 Å². The van der Waals surface area contributed by atoms with Gasteiger partial charge >= 0.3 is 19.5 Å². The smallest absolute Gasteiger partial charge is 0.753 e. The standard InChI is InChI=1S/C24H22N4O.C3H7NO.2CNS.Zn/c1-28(14-15-29)20-10-8-18(9-11-20)19-16-23(21-6-2-4-12-25-21)27-24(17-19)22-7-3-5-13-26-22;1-4(2)3-5;2*2-1-3;/h2-13,16-17,29H,14-15H2,1H3;3H,1-2H3;;;/q;;2*-1;+2. The molecule has 0 unspecified atom stereocenters. The van der Waals surface area contributed by atoms with Crippen molar-refractivity contribution < 1.29 is 29.4 Å². The van der Waals surface area contributed by atoms with E-state index in [-0.39, 0.29) is 26.1 Å². The van der Waals surface area contributed by atoms with E-state index in [0.717, 1.165) is 46.0 Å². The normalized spacial score (nSPS) is 8.78. The molecule has 1 aromatic carbocycles. The number of likely N-dealkylation sites (N-methyl/N-ethyl adjacent to an activating group) is 1. The number of hydrogen-bond acceptors (Lipinski definition) is 8. The Morgan fingerprint density at radius 2 is 1.24 bits per heavy atom. The molecule has 0 aliphatic rings. The summed E-state index contributed by atoms with van der Waals surface area (Å²) >= 11 is 7.40. The number of isothiocyanates is 2. The largest absolute Gasteiger partial charge is 2.00 e. The van der Waals surface area contributed by atoms with Gasteiger partial charge in [-0.2, -0.15) is 10.3 Å². The molecule has 9 nitrogen and oxygen atoms in total. The number of pyridine rings is 3. The minimum Gasteiger partial charge on any atom is -0.753 e. The Morgan fingerprint density at radius 3 is 1.59 bits per heavy atom. The van der Waals surface area contributed by atoms with Gasteiger partial charge < -0.3 is 25.7 Å². The van der Waals surface area contributed by atoms with Gasteiger partial charge in [0, 0.05) is 45.8 Å². The molecule has 0 spiro atoms. The van der Waals surface area contributed by atoms with E-state index in [2.05, 4.69) is 70.8 Å². The zero-order chi connectivity index (χ0) is 29.8. The molecule has 0 aliphatic carbocycles. The number of aromatic nitrogens is 3. The summed E-state index contributed by atoms with van der Waals surface area (Å²) in [5.41, 5.74) is 6.47. The molecule has 0 saturated heterocycles. The molecule has 206 valence electrons. The van der Waals surface area contributed by atoms with Crippen molar-refractivity contribution in [3.63, 3.8) is 0 Å². The number of hydrogen-bond donors (Lipinski definition) is 1. The second-order valence-corrected chi connectivity index (χ2v) is 8.37. The Bertz CT molecular complexity index is 1300. The molecule has 3 aromatic heterocycles. The van der Waals surface area contributed by atoms with Crippen LogP contribution < -0.4 is 4.90 Å². The zero-order valence-electron chi connectivity index (χ0n) is 23.1. The van der Waals surface area contributed by atoms with Gasteiger partial charge in [0.1, 0.15) is 0 Å². The van der Waals surface area contributed by atoms with Crippen LogP contribution in [0.25, 0.3) is 44.7 Å². The number of carbonyl (C=O) groups excluding carboxylic acids is 1. The third-order valence-electron chi connectivity index (χ3n) is 4.97. The van der Waals surface area contributed by atoms with Crippen molar-refractivity contribution in [2.75, 3.05) is 39.2 Å². The monoisotopic (exact) mass is 635 g/mol. The third-order valence-corrected chi connectivity index (χ3v) is 4.97. The number of benzene rings is 1. The Kier molecular flexibility index (Phi) is 19.8. The fraction of sp³-hybridized carbons (Fsp3) is 0.172. The average Bonchev–Trinajstić information content (AvgIpc) is 2.99. The molecule has 0 radical (unpaired) electrons. The van der Waals surface area contributed by atoms with E-state index in [4.69, 9.17) is 20.9 Å². The molecule has 0 bridgehead atoms. The van der Waals surface area contributed by atoms with Crippen molar-refractivity contribution >= 4 is 46.9 Å². The molecule has 0 saturated carbocycles. The van der Waals surface area contributed by atoms with E-state index in [9.17, 15) is 4.79 Å². The summed E-state index contributed by atoms with van der Waals surface area (Å²) in [5.74, 6) is 0. The molecule has 0 aliphatic heterocycles. The van der Waals surface area contributed by atoms with E-state index in [0.29, 0.717) is 6.54 Å². The average molecular weight is 637 g/mol. The van der Waals surface area contributed by atoms with Crippen LogP contribution in [0.2, 0.25) is 0 Å². The first-order valence-electron chi connectivity index (χ1n) is 11.8. The van der Waals surface area contributed by atoms with Crippen molar-refractivity contribution in [1.82, 2.24) is 19.9 Å². The van der Waals surface area contributed by atoms with Gasteiger partial charge in [-0.3, -0.25) is 14.8 Å². The number of rotatable bonds is 7. The van der Waals surface area contributed by atoms with Crippen molar-refractivity contribution in [3.05, 3.63) is 96.0 Å². The molecule has 41 heavy (non-hydrogen) atoms. The molecule has 1 amide bonds. The third kappa shape index (κ3) is 13.8. The van der Waals surface area contributed by atoms with Crippen LogP contribution in [0.1, 0.15) is 0 Å². The summed E-state index contributed by atoms with van der Waals surface area (Å²) in [6.45, 7) is 0.728. The topological polar surface area (TPSA) is 127 Å². The molecule has 0 atom stereocenters. The number of amides is 1. The van der Waals surface area contributed by atoms with Gasteiger partial charge in [-0.25, -0.2) is 4.98 Å². The molecule has 4 rings (SSSR count). The Hall–Kier alpha value is -3.88. The zero-order valence-corrected chi connectivity index (χ0v) is 27.7. The van der Waals surface area contributed by atoms with E-state index in [1.54, 1.807) is 26.5 Å². The van der Waals surface area contributed by atoms with Gasteiger partial charge in [0.2, 0.25) is 6.41 Å². The summed E-state index contributed by atoms with van der Waals surface area (Å²) in [7, 11) is 5.34. The number of thiocarbonyl (C=S) groups is 2. The predicted octanol–water partition coefficient (Wildman–Crippen LogP) is 5.32. The Morgan fingerprint density at radius 1 is 0.805 bits per heavy atom. The van der Waals surface area contributed by atoms with Crippen LogP contribution in [0, 0.1) is 0 Å². The minimum absolute atomic E-state index is 0. The summed E-state index contributed by atoms with van der Waals surface area (Å²) in [6.07, 6.45) is 4.30. The van der Waals surface area contributed by atoms with E-state index in [1.807, 2.05) is 48.3 Å². The van der Waals surface area contributed by atoms with Gasteiger partial charge in [0.25, 0.3) is 0 Å². The first-order valence-corrected chi connectivity index (χ1v) is 12.6. The molecule has 4 aromatic rings. The van der Waals surface area contributed by atoms with Gasteiger partial charge in [0.15, 0.2) is 0 Å². The minimum atomic E-state index is 0. The molecule has 12 heteroatoms. The maximum absolute atomic E-state index is 9.43. The van der Waals surface area contributed by atoms with Crippen molar-refractivity contribution in [2.45, 2.75) is 0 Å². The quantitative estimate of drug-likeness (QED) is 0.125. The SMILES string of the molecule is CN(C)C=O.CN(CCO)c1ccc(-c2cc(-c3ccccn3)nc(-c3ccccn3)c2)cc1.[N-]=C=S.[N-]=C=S.[Zn+2]. The molecule has 3 heterocycles. The van der Waals surface area contributed by atoms with Gasteiger partial charge in [-0.1, -0.05) is 48.7 Å². The number of aliphatic hydroxyl groups is 1. The summed E-state index contributed by atoms with van der Waals surface area (Å²) in [4.78, 5) is 26.6. The Labute approximate surface area is 264 Å². The van der Waals surface area contributed by atoms with Crippen LogP contribution >= 0.6 is 24.4 Å². The first kappa shape index (κ1) is 37.1. The van der Waals surface area contributed by atoms with Crippen molar-refractivity contribution in [3.8, 4) is 33.9 Å². The van der Waals surface area contributed by atoms with E-state index in [1.165, 1.54) is 15.2 Å². The molecule has 1 N–H and O–H groups in total.